The fraction of sp³-hybridized carbons (Fsp3) is 0.389. The van der Waals surface area contributed by atoms with Gasteiger partial charge in [0.15, 0.2) is 0 Å². The molecule has 2 heterocycles. The molecule has 1 aliphatic rings. The molecule has 2 aromatic rings. The van der Waals surface area contributed by atoms with Crippen LogP contribution in [0.4, 0.5) is 0 Å². The lowest BCUT2D eigenvalue weighted by molar-refractivity contribution is 0.194. The Labute approximate surface area is 132 Å². The molecule has 0 spiro atoms. The zero-order valence-electron chi connectivity index (χ0n) is 13.0. The molecule has 0 saturated carbocycles. The number of piperazine rings is 1. The summed E-state index contributed by atoms with van der Waals surface area (Å²) in [5.41, 5.74) is 2.44. The van der Waals surface area contributed by atoms with Crippen LogP contribution in [0.5, 0.6) is 5.75 Å². The molecule has 1 atom stereocenters. The van der Waals surface area contributed by atoms with Gasteiger partial charge in [0.1, 0.15) is 5.75 Å². The molecule has 1 N–H and O–H groups in total. The Morgan fingerprint density at radius 2 is 2.00 bits per heavy atom. The lowest BCUT2D eigenvalue weighted by Crippen LogP contribution is -2.45. The highest BCUT2D eigenvalue weighted by Gasteiger charge is 2.26. The number of ether oxygens (including phenoxy) is 1. The first-order valence-electron chi connectivity index (χ1n) is 7.96. The number of rotatable bonds is 5. The molecule has 0 amide bonds. The maximum atomic E-state index is 5.87. The van der Waals surface area contributed by atoms with E-state index in [4.69, 9.17) is 4.74 Å². The maximum Gasteiger partial charge on any atom is 0.124 e. The number of aromatic nitrogens is 1. The second-order valence-electron chi connectivity index (χ2n) is 5.45. The van der Waals surface area contributed by atoms with Gasteiger partial charge in [0.05, 0.1) is 12.6 Å². The summed E-state index contributed by atoms with van der Waals surface area (Å²) in [7, 11) is 0. The van der Waals surface area contributed by atoms with Gasteiger partial charge >= 0.3 is 0 Å². The fourth-order valence-electron chi connectivity index (χ4n) is 3.06. The molecular weight excluding hydrogens is 274 g/mol. The summed E-state index contributed by atoms with van der Waals surface area (Å²) < 4.78 is 5.87. The molecule has 0 radical (unpaired) electrons. The number of pyridine rings is 1. The summed E-state index contributed by atoms with van der Waals surface area (Å²) in [6.45, 7) is 6.81. The van der Waals surface area contributed by atoms with Gasteiger partial charge in [-0.3, -0.25) is 9.88 Å². The second kappa shape index (κ2) is 7.38. The van der Waals surface area contributed by atoms with Gasteiger partial charge in [0.2, 0.25) is 0 Å². The molecule has 4 heteroatoms. The van der Waals surface area contributed by atoms with E-state index >= 15 is 0 Å². The van der Waals surface area contributed by atoms with Gasteiger partial charge in [0, 0.05) is 44.1 Å². The smallest absolute Gasteiger partial charge is 0.124 e. The number of nitrogens with one attached hydrogen (secondary N) is 1. The molecule has 22 heavy (non-hydrogen) atoms. The highest BCUT2D eigenvalue weighted by Crippen LogP contribution is 2.34. The molecule has 116 valence electrons. The molecule has 1 unspecified atom stereocenters. The minimum absolute atomic E-state index is 0.193. The zero-order chi connectivity index (χ0) is 15.2. The summed E-state index contributed by atoms with van der Waals surface area (Å²) in [5.74, 6) is 0.970. The van der Waals surface area contributed by atoms with Crippen LogP contribution >= 0.6 is 0 Å². The number of hydrogen-bond donors (Lipinski definition) is 1. The van der Waals surface area contributed by atoms with Crippen molar-refractivity contribution in [2.45, 2.75) is 13.0 Å². The van der Waals surface area contributed by atoms with Gasteiger partial charge in [-0.25, -0.2) is 0 Å². The molecular formula is C18H23N3O. The van der Waals surface area contributed by atoms with Crippen LogP contribution in [0.25, 0.3) is 0 Å². The maximum absolute atomic E-state index is 5.87. The molecule has 0 bridgehead atoms. The van der Waals surface area contributed by atoms with E-state index < -0.39 is 0 Å². The predicted octanol–water partition coefficient (Wildman–Crippen LogP) is 2.47. The normalized spacial score (nSPS) is 17.1. The van der Waals surface area contributed by atoms with Crippen molar-refractivity contribution in [1.82, 2.24) is 15.2 Å². The average Bonchev–Trinajstić information content (AvgIpc) is 2.59. The van der Waals surface area contributed by atoms with Crippen LogP contribution in [-0.4, -0.2) is 42.7 Å². The lowest BCUT2D eigenvalue weighted by atomic mass is 9.97. The highest BCUT2D eigenvalue weighted by atomic mass is 16.5. The van der Waals surface area contributed by atoms with Crippen LogP contribution in [0.15, 0.2) is 48.8 Å². The number of hydrogen-bond acceptors (Lipinski definition) is 4. The minimum Gasteiger partial charge on any atom is -0.494 e. The predicted molar refractivity (Wildman–Crippen MR) is 88.1 cm³/mol. The van der Waals surface area contributed by atoms with E-state index in [1.165, 1.54) is 11.1 Å². The van der Waals surface area contributed by atoms with Crippen LogP contribution < -0.4 is 10.1 Å². The van der Waals surface area contributed by atoms with Crippen LogP contribution in [0.3, 0.4) is 0 Å². The molecule has 1 aliphatic heterocycles. The summed E-state index contributed by atoms with van der Waals surface area (Å²) >= 11 is 0. The minimum atomic E-state index is 0.193. The summed E-state index contributed by atoms with van der Waals surface area (Å²) in [6.07, 6.45) is 3.79. The van der Waals surface area contributed by atoms with Gasteiger partial charge < -0.3 is 10.1 Å². The van der Waals surface area contributed by atoms with E-state index in [0.717, 1.165) is 31.9 Å². The Bertz CT molecular complexity index is 582. The third kappa shape index (κ3) is 3.29. The molecule has 1 saturated heterocycles. The fourth-order valence-corrected chi connectivity index (χ4v) is 3.06. The topological polar surface area (TPSA) is 37.4 Å². The van der Waals surface area contributed by atoms with Gasteiger partial charge in [-0.2, -0.15) is 0 Å². The van der Waals surface area contributed by atoms with Crippen molar-refractivity contribution >= 4 is 0 Å². The van der Waals surface area contributed by atoms with E-state index in [1.54, 1.807) is 0 Å². The quantitative estimate of drug-likeness (QED) is 0.920. The third-order valence-electron chi connectivity index (χ3n) is 4.03. The standard InChI is InChI=1S/C18H23N3O/c1-2-22-17-8-4-3-7-16(17)18(15-6-5-9-20-14-15)21-12-10-19-11-13-21/h3-9,14,18-19H,2,10-13H2,1H3. The van der Waals surface area contributed by atoms with Crippen LogP contribution in [0.1, 0.15) is 24.1 Å². The summed E-state index contributed by atoms with van der Waals surface area (Å²) in [6, 6.07) is 12.7. The highest BCUT2D eigenvalue weighted by molar-refractivity contribution is 5.41. The first-order chi connectivity index (χ1) is 10.9. The van der Waals surface area contributed by atoms with Crippen LogP contribution in [-0.2, 0) is 0 Å². The largest absolute Gasteiger partial charge is 0.494 e. The van der Waals surface area contributed by atoms with E-state index in [1.807, 2.05) is 31.5 Å². The van der Waals surface area contributed by atoms with Crippen molar-refractivity contribution < 1.29 is 4.74 Å². The number of nitrogens with zero attached hydrogens (tertiary/aromatic N) is 2. The molecule has 3 rings (SSSR count). The van der Waals surface area contributed by atoms with E-state index in [0.29, 0.717) is 6.61 Å². The zero-order valence-corrected chi connectivity index (χ0v) is 13.0. The van der Waals surface area contributed by atoms with Crippen molar-refractivity contribution in [2.24, 2.45) is 0 Å². The van der Waals surface area contributed by atoms with Gasteiger partial charge in [-0.1, -0.05) is 24.3 Å². The Morgan fingerprint density at radius 3 is 2.73 bits per heavy atom. The second-order valence-corrected chi connectivity index (χ2v) is 5.45. The van der Waals surface area contributed by atoms with Crippen molar-refractivity contribution in [3.63, 3.8) is 0 Å². The van der Waals surface area contributed by atoms with Crippen LogP contribution in [0, 0.1) is 0 Å². The Kier molecular flexibility index (Phi) is 5.03. The van der Waals surface area contributed by atoms with Crippen molar-refractivity contribution in [3.05, 3.63) is 59.9 Å². The Balaban J connectivity index is 2.01. The number of para-hydroxylation sites is 1. The van der Waals surface area contributed by atoms with E-state index in [-0.39, 0.29) is 6.04 Å². The SMILES string of the molecule is CCOc1ccccc1C(c1cccnc1)N1CCNCC1. The first kappa shape index (κ1) is 15.0. The van der Waals surface area contributed by atoms with Crippen LogP contribution in [0.2, 0.25) is 0 Å². The third-order valence-corrected chi connectivity index (χ3v) is 4.03. The summed E-state index contributed by atoms with van der Waals surface area (Å²) in [4.78, 5) is 6.82. The Morgan fingerprint density at radius 1 is 1.18 bits per heavy atom. The van der Waals surface area contributed by atoms with Crippen molar-refractivity contribution in [1.29, 1.82) is 0 Å². The Hall–Kier alpha value is -1.91. The number of benzene rings is 1. The summed E-state index contributed by atoms with van der Waals surface area (Å²) in [5, 5.41) is 3.42. The van der Waals surface area contributed by atoms with Crippen molar-refractivity contribution in [2.75, 3.05) is 32.8 Å². The molecule has 0 aliphatic carbocycles. The van der Waals surface area contributed by atoms with E-state index in [2.05, 4.69) is 39.5 Å². The molecule has 1 aromatic carbocycles. The molecule has 1 fully saturated rings. The molecule has 4 nitrogen and oxygen atoms in total. The van der Waals surface area contributed by atoms with Gasteiger partial charge in [-0.05, 0) is 24.6 Å². The average molecular weight is 297 g/mol. The van der Waals surface area contributed by atoms with E-state index in [9.17, 15) is 0 Å². The monoisotopic (exact) mass is 297 g/mol. The van der Waals surface area contributed by atoms with Crippen molar-refractivity contribution in [3.8, 4) is 5.75 Å². The molecule has 1 aromatic heterocycles. The lowest BCUT2D eigenvalue weighted by Gasteiger charge is -2.36. The van der Waals surface area contributed by atoms with Gasteiger partial charge in [-0.15, -0.1) is 0 Å². The first-order valence-corrected chi connectivity index (χ1v) is 7.96. The van der Waals surface area contributed by atoms with Gasteiger partial charge in [0.25, 0.3) is 0 Å².